The maximum absolute atomic E-state index is 13.5. The van der Waals surface area contributed by atoms with Gasteiger partial charge in [-0.3, -0.25) is 14.5 Å². The van der Waals surface area contributed by atoms with Crippen LogP contribution in [0.25, 0.3) is 16.7 Å². The molecule has 1 fully saturated rings. The molecule has 2 aliphatic heterocycles. The number of hydrogen-bond acceptors (Lipinski definition) is 10. The standard InChI is InChI=1S/C25H32N6O6/c1-6-18-11-17(8-9-36-18)31(25(33)35-7-2)22-21-19(37-23(22)24(32)30(4)34-5)10-15(12-26)20(28-21)16-13-27-29(3)14-16/h10,14,17-18,27H,6-9,11,13H2,1-5H3/t17-,18-/m0/s1. The third-order valence-electron chi connectivity index (χ3n) is 6.55. The summed E-state index contributed by atoms with van der Waals surface area (Å²) in [6.07, 6.45) is 3.05. The largest absolute Gasteiger partial charge is 0.449 e. The number of furan rings is 1. The number of carbonyl (C=O) groups is 2. The van der Waals surface area contributed by atoms with E-state index in [1.54, 1.807) is 18.0 Å². The van der Waals surface area contributed by atoms with Gasteiger partial charge < -0.3 is 18.9 Å². The average Bonchev–Trinajstić information content (AvgIpc) is 3.50. The van der Waals surface area contributed by atoms with Crippen LogP contribution >= 0.6 is 0 Å². The van der Waals surface area contributed by atoms with E-state index in [1.165, 1.54) is 19.1 Å². The number of nitrogens with zero attached hydrogens (tertiary/aromatic N) is 5. The molecule has 0 radical (unpaired) electrons. The van der Waals surface area contributed by atoms with Gasteiger partial charge in [-0.25, -0.2) is 20.3 Å². The molecule has 2 atom stereocenters. The second kappa shape index (κ2) is 11.2. The molecule has 0 aromatic carbocycles. The van der Waals surface area contributed by atoms with Gasteiger partial charge in [0.15, 0.2) is 5.58 Å². The van der Waals surface area contributed by atoms with E-state index in [0.29, 0.717) is 31.7 Å². The van der Waals surface area contributed by atoms with E-state index in [2.05, 4.69) is 11.5 Å². The quantitative estimate of drug-likeness (QED) is 0.552. The topological polar surface area (TPSA) is 133 Å². The predicted octanol–water partition coefficient (Wildman–Crippen LogP) is 3.04. The molecule has 0 spiro atoms. The normalized spacial score (nSPS) is 19.5. The van der Waals surface area contributed by atoms with Crippen molar-refractivity contribution in [3.05, 3.63) is 29.3 Å². The van der Waals surface area contributed by atoms with Gasteiger partial charge in [0.25, 0.3) is 0 Å². The van der Waals surface area contributed by atoms with Crippen LogP contribution in [0.2, 0.25) is 0 Å². The van der Waals surface area contributed by atoms with Crippen molar-refractivity contribution in [3.8, 4) is 6.07 Å². The third kappa shape index (κ3) is 5.11. The molecule has 1 saturated heterocycles. The van der Waals surface area contributed by atoms with E-state index < -0.39 is 12.0 Å². The summed E-state index contributed by atoms with van der Waals surface area (Å²) in [5, 5.41) is 12.6. The Balaban J connectivity index is 1.98. The van der Waals surface area contributed by atoms with Crippen molar-refractivity contribution in [2.75, 3.05) is 45.9 Å². The van der Waals surface area contributed by atoms with E-state index >= 15 is 0 Å². The highest BCUT2D eigenvalue weighted by molar-refractivity contribution is 6.10. The Kier molecular flexibility index (Phi) is 7.97. The zero-order valence-electron chi connectivity index (χ0n) is 21.7. The molecule has 4 heterocycles. The van der Waals surface area contributed by atoms with Crippen molar-refractivity contribution in [3.63, 3.8) is 0 Å². The highest BCUT2D eigenvalue weighted by Gasteiger charge is 2.39. The van der Waals surface area contributed by atoms with Crippen LogP contribution in [-0.4, -0.2) is 80.2 Å². The number of nitrogens with one attached hydrogen (secondary N) is 1. The van der Waals surface area contributed by atoms with Gasteiger partial charge in [-0.1, -0.05) is 6.92 Å². The van der Waals surface area contributed by atoms with Crippen molar-refractivity contribution >= 4 is 34.4 Å². The molecule has 0 aliphatic carbocycles. The molecule has 2 aromatic rings. The van der Waals surface area contributed by atoms with Gasteiger partial charge in [0.2, 0.25) is 5.76 Å². The Bertz CT molecular complexity index is 1250. The van der Waals surface area contributed by atoms with Gasteiger partial charge >= 0.3 is 12.0 Å². The predicted molar refractivity (Wildman–Crippen MR) is 134 cm³/mol. The number of rotatable bonds is 7. The highest BCUT2D eigenvalue weighted by Crippen LogP contribution is 2.39. The maximum atomic E-state index is 13.5. The van der Waals surface area contributed by atoms with E-state index in [-0.39, 0.29) is 46.9 Å². The van der Waals surface area contributed by atoms with Crippen LogP contribution < -0.4 is 10.3 Å². The lowest BCUT2D eigenvalue weighted by Crippen LogP contribution is -2.47. The fourth-order valence-corrected chi connectivity index (χ4v) is 4.61. The molecule has 0 unspecified atom stereocenters. The number of anilines is 1. The number of hydrogen-bond donors (Lipinski definition) is 1. The number of carbonyl (C=O) groups excluding carboxylic acids is 2. The fourth-order valence-electron chi connectivity index (χ4n) is 4.61. The van der Waals surface area contributed by atoms with E-state index in [1.807, 2.05) is 20.2 Å². The number of fused-ring (bicyclic) bond motifs is 1. The molecule has 2 aromatic heterocycles. The summed E-state index contributed by atoms with van der Waals surface area (Å²) in [6.45, 7) is 4.82. The molecule has 2 amide bonds. The highest BCUT2D eigenvalue weighted by atomic mass is 16.7. The lowest BCUT2D eigenvalue weighted by atomic mass is 9.99. The molecule has 198 valence electrons. The Morgan fingerprint density at radius 3 is 2.78 bits per heavy atom. The lowest BCUT2D eigenvalue weighted by Gasteiger charge is -2.36. The fraction of sp³-hybridized carbons (Fsp3) is 0.520. The molecule has 12 nitrogen and oxygen atoms in total. The van der Waals surface area contributed by atoms with Crippen LogP contribution in [0.15, 0.2) is 16.7 Å². The number of pyridine rings is 1. The zero-order valence-corrected chi connectivity index (χ0v) is 21.7. The van der Waals surface area contributed by atoms with Crippen LogP contribution in [0, 0.1) is 11.3 Å². The summed E-state index contributed by atoms with van der Waals surface area (Å²) in [7, 11) is 4.64. The first-order valence-corrected chi connectivity index (χ1v) is 12.3. The molecule has 12 heteroatoms. The second-order valence-electron chi connectivity index (χ2n) is 8.86. The number of hydrazine groups is 1. The molecule has 2 aliphatic rings. The Hall–Kier alpha value is -3.66. The van der Waals surface area contributed by atoms with Crippen LogP contribution in [0.3, 0.4) is 0 Å². The first-order chi connectivity index (χ1) is 17.8. The van der Waals surface area contributed by atoms with Crippen LogP contribution in [-0.2, 0) is 14.3 Å². The minimum atomic E-state index is -0.615. The first-order valence-electron chi connectivity index (χ1n) is 12.3. The minimum Gasteiger partial charge on any atom is -0.449 e. The van der Waals surface area contributed by atoms with Crippen molar-refractivity contribution in [2.45, 2.75) is 45.3 Å². The second-order valence-corrected chi connectivity index (χ2v) is 8.86. The summed E-state index contributed by atoms with van der Waals surface area (Å²) >= 11 is 0. The van der Waals surface area contributed by atoms with Gasteiger partial charge in [-0.2, -0.15) is 5.26 Å². The monoisotopic (exact) mass is 512 g/mol. The molecule has 0 bridgehead atoms. The van der Waals surface area contributed by atoms with Crippen molar-refractivity contribution in [1.82, 2.24) is 20.5 Å². The average molecular weight is 513 g/mol. The molecular weight excluding hydrogens is 480 g/mol. The van der Waals surface area contributed by atoms with Gasteiger partial charge in [-0.05, 0) is 26.2 Å². The number of aromatic nitrogens is 1. The van der Waals surface area contributed by atoms with E-state index in [9.17, 15) is 14.9 Å². The van der Waals surface area contributed by atoms with Gasteiger partial charge in [0, 0.05) is 51.1 Å². The Labute approximate surface area is 215 Å². The van der Waals surface area contributed by atoms with Crippen LogP contribution in [0.5, 0.6) is 0 Å². The minimum absolute atomic E-state index is 0.0476. The van der Waals surface area contributed by atoms with E-state index in [4.69, 9.17) is 23.7 Å². The van der Waals surface area contributed by atoms with Crippen molar-refractivity contribution < 1.29 is 28.3 Å². The zero-order chi connectivity index (χ0) is 26.7. The smallest absolute Gasteiger partial charge is 0.414 e. The number of hydroxylamine groups is 2. The van der Waals surface area contributed by atoms with Crippen LogP contribution in [0.4, 0.5) is 10.5 Å². The molecule has 4 rings (SSSR count). The number of ether oxygens (including phenoxy) is 2. The van der Waals surface area contributed by atoms with Crippen molar-refractivity contribution in [2.24, 2.45) is 0 Å². The van der Waals surface area contributed by atoms with Gasteiger partial charge in [0.1, 0.15) is 17.3 Å². The lowest BCUT2D eigenvalue weighted by molar-refractivity contribution is -0.0772. The SMILES string of the molecule is CCOC(=O)N(c1c(C(=O)N(C)OC)oc2cc(C#N)c(C3=CN(C)NC3)nc12)[C@H]1CCO[C@@H](CC)C1. The molecule has 37 heavy (non-hydrogen) atoms. The molecular formula is C25H32N6O6. The van der Waals surface area contributed by atoms with Crippen molar-refractivity contribution in [1.29, 1.82) is 5.26 Å². The van der Waals surface area contributed by atoms with Gasteiger partial charge in [0.05, 0.1) is 31.1 Å². The number of nitriles is 1. The van der Waals surface area contributed by atoms with E-state index in [0.717, 1.165) is 17.1 Å². The summed E-state index contributed by atoms with van der Waals surface area (Å²) in [4.78, 5) is 38.2. The summed E-state index contributed by atoms with van der Waals surface area (Å²) < 4.78 is 17.3. The third-order valence-corrected chi connectivity index (χ3v) is 6.55. The Morgan fingerprint density at radius 1 is 1.38 bits per heavy atom. The van der Waals surface area contributed by atoms with Crippen LogP contribution in [0.1, 0.15) is 54.9 Å². The summed E-state index contributed by atoms with van der Waals surface area (Å²) in [6, 6.07) is 3.39. The number of amides is 2. The Morgan fingerprint density at radius 2 is 2.16 bits per heavy atom. The van der Waals surface area contributed by atoms with Gasteiger partial charge in [-0.15, -0.1) is 0 Å². The summed E-state index contributed by atoms with van der Waals surface area (Å²) in [5.74, 6) is -0.735. The molecule has 1 N–H and O–H groups in total. The summed E-state index contributed by atoms with van der Waals surface area (Å²) in [5.41, 5.74) is 5.33. The maximum Gasteiger partial charge on any atom is 0.414 e. The first kappa shape index (κ1) is 26.4. The molecule has 0 saturated carbocycles.